The van der Waals surface area contributed by atoms with E-state index in [1.165, 1.54) is 12.1 Å². The summed E-state index contributed by atoms with van der Waals surface area (Å²) in [5, 5.41) is 3.29. The molecule has 1 N–H and O–H groups in total. The molecule has 9 heteroatoms. The molecule has 0 spiro atoms. The molecule has 2 atom stereocenters. The van der Waals surface area contributed by atoms with Crippen molar-refractivity contribution in [3.63, 3.8) is 0 Å². The third kappa shape index (κ3) is 4.46. The fourth-order valence-corrected chi connectivity index (χ4v) is 3.42. The molecule has 6 nitrogen and oxygen atoms in total. The van der Waals surface area contributed by atoms with Crippen molar-refractivity contribution >= 4 is 35.8 Å². The molecule has 1 aromatic rings. The van der Waals surface area contributed by atoms with Crippen molar-refractivity contribution < 1.29 is 18.7 Å². The third-order valence-corrected chi connectivity index (χ3v) is 4.94. The number of rotatable bonds is 2. The maximum absolute atomic E-state index is 13.1. The van der Waals surface area contributed by atoms with Crippen LogP contribution in [0.2, 0.25) is 5.02 Å². The van der Waals surface area contributed by atoms with Gasteiger partial charge in [0.15, 0.2) is 0 Å². The maximum Gasteiger partial charge on any atom is 0.255 e. The van der Waals surface area contributed by atoms with Crippen molar-refractivity contribution in [3.8, 4) is 0 Å². The molecule has 0 radical (unpaired) electrons. The van der Waals surface area contributed by atoms with E-state index in [9.17, 15) is 14.0 Å². The van der Waals surface area contributed by atoms with Crippen molar-refractivity contribution in [1.82, 2.24) is 15.1 Å². The highest BCUT2D eigenvalue weighted by atomic mass is 35.5. The summed E-state index contributed by atoms with van der Waals surface area (Å²) in [5.74, 6) is -0.725. The third-order valence-electron chi connectivity index (χ3n) is 4.62. The molecule has 0 bridgehead atoms. The first kappa shape index (κ1) is 20.9. The number of morpholine rings is 1. The van der Waals surface area contributed by atoms with Crippen LogP contribution in [-0.2, 0) is 9.53 Å². The summed E-state index contributed by atoms with van der Waals surface area (Å²) in [6.45, 7) is 4.88. The Bertz CT molecular complexity index is 669. The first-order chi connectivity index (χ1) is 12.0. The molecule has 3 rings (SSSR count). The molecule has 2 saturated heterocycles. The Hall–Kier alpha value is -1.41. The lowest BCUT2D eigenvalue weighted by molar-refractivity contribution is -0.140. The van der Waals surface area contributed by atoms with Gasteiger partial charge in [-0.05, 0) is 25.1 Å². The molecule has 2 aliphatic rings. The minimum atomic E-state index is -0.478. The van der Waals surface area contributed by atoms with Crippen molar-refractivity contribution in [1.29, 1.82) is 0 Å². The molecule has 0 aliphatic carbocycles. The monoisotopic (exact) mass is 405 g/mol. The summed E-state index contributed by atoms with van der Waals surface area (Å²) < 4.78 is 18.7. The maximum atomic E-state index is 13.1. The van der Waals surface area contributed by atoms with E-state index in [-0.39, 0.29) is 47.0 Å². The van der Waals surface area contributed by atoms with Gasteiger partial charge in [-0.3, -0.25) is 9.59 Å². The van der Waals surface area contributed by atoms with Crippen LogP contribution in [-0.4, -0.2) is 73.1 Å². The number of hydrogen-bond donors (Lipinski definition) is 1. The molecule has 26 heavy (non-hydrogen) atoms. The summed E-state index contributed by atoms with van der Waals surface area (Å²) in [5.41, 5.74) is 0.277. The number of halogens is 3. The Balaban J connectivity index is 0.00000243. The van der Waals surface area contributed by atoms with Gasteiger partial charge >= 0.3 is 0 Å². The van der Waals surface area contributed by atoms with E-state index in [1.807, 2.05) is 6.92 Å². The number of nitrogens with zero attached hydrogens (tertiary/aromatic N) is 2. The lowest BCUT2D eigenvalue weighted by Crippen LogP contribution is -2.60. The number of carbonyl (C=O) groups is 2. The van der Waals surface area contributed by atoms with Gasteiger partial charge in [-0.2, -0.15) is 0 Å². The normalized spacial score (nSPS) is 23.3. The lowest BCUT2D eigenvalue weighted by atomic mass is 10.1. The van der Waals surface area contributed by atoms with Gasteiger partial charge in [0.25, 0.3) is 5.91 Å². The molecule has 2 fully saturated rings. The van der Waals surface area contributed by atoms with Crippen LogP contribution in [0.3, 0.4) is 0 Å². The summed E-state index contributed by atoms with van der Waals surface area (Å²) in [4.78, 5) is 28.5. The molecular formula is C17H22Cl2FN3O3. The molecule has 1 aromatic carbocycles. The fraction of sp³-hybridized carbons (Fsp3) is 0.529. The van der Waals surface area contributed by atoms with Crippen LogP contribution in [0, 0.1) is 5.82 Å². The van der Waals surface area contributed by atoms with E-state index < -0.39 is 5.82 Å². The molecule has 2 amide bonds. The van der Waals surface area contributed by atoms with Crippen LogP contribution in [0.5, 0.6) is 0 Å². The summed E-state index contributed by atoms with van der Waals surface area (Å²) in [6, 6.07) is 3.39. The van der Waals surface area contributed by atoms with Crippen LogP contribution >= 0.6 is 24.0 Å². The molecule has 144 valence electrons. The van der Waals surface area contributed by atoms with Gasteiger partial charge in [-0.1, -0.05) is 11.6 Å². The zero-order valence-electron chi connectivity index (χ0n) is 14.4. The van der Waals surface area contributed by atoms with Crippen LogP contribution in [0.4, 0.5) is 4.39 Å². The highest BCUT2D eigenvalue weighted by Crippen LogP contribution is 2.20. The van der Waals surface area contributed by atoms with Gasteiger partial charge in [0.05, 0.1) is 23.3 Å². The summed E-state index contributed by atoms with van der Waals surface area (Å²) >= 11 is 5.97. The molecular weight excluding hydrogens is 384 g/mol. The van der Waals surface area contributed by atoms with Gasteiger partial charge in [0, 0.05) is 32.7 Å². The molecule has 0 unspecified atom stereocenters. The Morgan fingerprint density at radius 3 is 2.50 bits per heavy atom. The minimum Gasteiger partial charge on any atom is -0.375 e. The van der Waals surface area contributed by atoms with Crippen molar-refractivity contribution in [2.45, 2.75) is 19.1 Å². The quantitative estimate of drug-likeness (QED) is 0.810. The number of carbonyl (C=O) groups excluding carboxylic acids is 2. The van der Waals surface area contributed by atoms with Gasteiger partial charge in [0.2, 0.25) is 5.91 Å². The number of nitrogens with one attached hydrogen (secondary N) is 1. The fourth-order valence-electron chi connectivity index (χ4n) is 3.17. The zero-order valence-corrected chi connectivity index (χ0v) is 16.0. The number of piperazine rings is 1. The van der Waals surface area contributed by atoms with Crippen molar-refractivity contribution in [2.24, 2.45) is 0 Å². The largest absolute Gasteiger partial charge is 0.375 e. The Labute approximate surface area is 163 Å². The van der Waals surface area contributed by atoms with E-state index in [0.717, 1.165) is 6.07 Å². The van der Waals surface area contributed by atoms with E-state index in [4.69, 9.17) is 16.3 Å². The first-order valence-corrected chi connectivity index (χ1v) is 8.73. The Morgan fingerprint density at radius 2 is 1.88 bits per heavy atom. The van der Waals surface area contributed by atoms with Crippen molar-refractivity contribution in [3.05, 3.63) is 34.6 Å². The van der Waals surface area contributed by atoms with Crippen LogP contribution < -0.4 is 5.32 Å². The molecule has 2 heterocycles. The molecule has 2 aliphatic heterocycles. The number of benzene rings is 1. The highest BCUT2D eigenvalue weighted by Gasteiger charge is 2.34. The van der Waals surface area contributed by atoms with E-state index in [1.54, 1.807) is 9.80 Å². The van der Waals surface area contributed by atoms with E-state index in [2.05, 4.69) is 5.32 Å². The van der Waals surface area contributed by atoms with Gasteiger partial charge in [-0.25, -0.2) is 4.39 Å². The van der Waals surface area contributed by atoms with E-state index >= 15 is 0 Å². The second-order valence-corrected chi connectivity index (χ2v) is 6.66. The second kappa shape index (κ2) is 8.99. The highest BCUT2D eigenvalue weighted by molar-refractivity contribution is 6.33. The molecule has 0 aromatic heterocycles. The van der Waals surface area contributed by atoms with Gasteiger partial charge in [-0.15, -0.1) is 12.4 Å². The average Bonchev–Trinajstić information content (AvgIpc) is 2.61. The predicted octanol–water partition coefficient (Wildman–Crippen LogP) is 1.56. The lowest BCUT2D eigenvalue weighted by Gasteiger charge is -2.38. The Morgan fingerprint density at radius 1 is 1.23 bits per heavy atom. The van der Waals surface area contributed by atoms with Gasteiger partial charge in [0.1, 0.15) is 11.9 Å². The predicted molar refractivity (Wildman–Crippen MR) is 98.3 cm³/mol. The number of amides is 2. The number of ether oxygens (including phenoxy) is 1. The first-order valence-electron chi connectivity index (χ1n) is 8.35. The minimum absolute atomic E-state index is 0. The second-order valence-electron chi connectivity index (χ2n) is 6.25. The van der Waals surface area contributed by atoms with Crippen LogP contribution in [0.15, 0.2) is 18.2 Å². The van der Waals surface area contributed by atoms with Gasteiger partial charge < -0.3 is 19.9 Å². The zero-order chi connectivity index (χ0) is 18.0. The summed E-state index contributed by atoms with van der Waals surface area (Å²) in [7, 11) is 0. The van der Waals surface area contributed by atoms with Crippen LogP contribution in [0.1, 0.15) is 17.3 Å². The standard InChI is InChI=1S/C17H21ClFN3O3.ClH/c1-11-15(20-4-9-25-11)17(24)22-7-5-21(6-8-22)16(23)13-3-2-12(19)10-14(13)18;/h2-3,10-11,15,20H,4-9H2,1H3;1H/t11-,15+;/m1./s1. The topological polar surface area (TPSA) is 61.9 Å². The number of hydrogen-bond acceptors (Lipinski definition) is 4. The van der Waals surface area contributed by atoms with E-state index in [0.29, 0.717) is 39.3 Å². The summed E-state index contributed by atoms with van der Waals surface area (Å²) in [6.07, 6.45) is -0.168. The SMILES string of the molecule is C[C@H]1OCCN[C@@H]1C(=O)N1CCN(C(=O)c2ccc(F)cc2Cl)CC1.Cl. The average molecular weight is 406 g/mol. The molecule has 0 saturated carbocycles. The van der Waals surface area contributed by atoms with Crippen LogP contribution in [0.25, 0.3) is 0 Å². The Kier molecular flexibility index (Phi) is 7.23. The van der Waals surface area contributed by atoms with Crippen molar-refractivity contribution in [2.75, 3.05) is 39.3 Å². The smallest absolute Gasteiger partial charge is 0.255 e.